The van der Waals surface area contributed by atoms with Crippen molar-refractivity contribution in [2.24, 2.45) is 0 Å². The molecular formula is C24H29N3O3. The molecule has 30 heavy (non-hydrogen) atoms. The van der Waals surface area contributed by atoms with Crippen molar-refractivity contribution in [1.82, 2.24) is 14.3 Å². The second-order valence-corrected chi connectivity index (χ2v) is 7.64. The molecule has 0 aliphatic carbocycles. The smallest absolute Gasteiger partial charge is 0.346 e. The number of aromatic carboxylic acids is 1. The Morgan fingerprint density at radius 3 is 2.43 bits per heavy atom. The number of carboxylic acids is 1. The summed E-state index contributed by atoms with van der Waals surface area (Å²) in [6, 6.07) is 14.7. The van der Waals surface area contributed by atoms with Crippen LogP contribution in [0.1, 0.15) is 67.8 Å². The van der Waals surface area contributed by atoms with Crippen LogP contribution in [-0.4, -0.2) is 25.4 Å². The molecule has 6 heteroatoms. The SMILES string of the molecule is CCCCc1nn(C(C)CC)c(=O)n1Cc1ccc(-c2ccccc2C(=O)O)cc1. The summed E-state index contributed by atoms with van der Waals surface area (Å²) in [5, 5.41) is 14.0. The van der Waals surface area contributed by atoms with Crippen LogP contribution in [0.5, 0.6) is 0 Å². The fraction of sp³-hybridized carbons (Fsp3) is 0.375. The lowest BCUT2D eigenvalue weighted by molar-refractivity contribution is 0.0697. The predicted octanol–water partition coefficient (Wildman–Crippen LogP) is 4.77. The quantitative estimate of drug-likeness (QED) is 0.554. The van der Waals surface area contributed by atoms with E-state index in [1.54, 1.807) is 21.4 Å². The summed E-state index contributed by atoms with van der Waals surface area (Å²) in [4.78, 5) is 24.5. The van der Waals surface area contributed by atoms with E-state index in [2.05, 4.69) is 18.9 Å². The third-order valence-electron chi connectivity index (χ3n) is 5.49. The van der Waals surface area contributed by atoms with E-state index < -0.39 is 5.97 Å². The number of carbonyl (C=O) groups is 1. The van der Waals surface area contributed by atoms with Gasteiger partial charge in [-0.3, -0.25) is 4.57 Å². The number of aryl methyl sites for hydroxylation is 1. The van der Waals surface area contributed by atoms with Crippen LogP contribution >= 0.6 is 0 Å². The first-order valence-electron chi connectivity index (χ1n) is 10.6. The first-order valence-corrected chi connectivity index (χ1v) is 10.6. The van der Waals surface area contributed by atoms with Crippen molar-refractivity contribution >= 4 is 5.97 Å². The maximum atomic E-state index is 13.0. The summed E-state index contributed by atoms with van der Waals surface area (Å²) in [5.41, 5.74) is 2.71. The number of rotatable bonds is 9. The molecule has 158 valence electrons. The molecule has 0 aliphatic heterocycles. The monoisotopic (exact) mass is 407 g/mol. The van der Waals surface area contributed by atoms with Gasteiger partial charge in [-0.05, 0) is 42.5 Å². The molecule has 2 aromatic carbocycles. The fourth-order valence-corrected chi connectivity index (χ4v) is 3.49. The largest absolute Gasteiger partial charge is 0.478 e. The van der Waals surface area contributed by atoms with Gasteiger partial charge in [-0.1, -0.05) is 62.7 Å². The Balaban J connectivity index is 1.91. The van der Waals surface area contributed by atoms with E-state index in [0.29, 0.717) is 12.1 Å². The maximum Gasteiger partial charge on any atom is 0.346 e. The first-order chi connectivity index (χ1) is 14.5. The first kappa shape index (κ1) is 21.6. The summed E-state index contributed by atoms with van der Waals surface area (Å²) < 4.78 is 3.37. The van der Waals surface area contributed by atoms with Crippen molar-refractivity contribution in [3.63, 3.8) is 0 Å². The van der Waals surface area contributed by atoms with Gasteiger partial charge in [0.25, 0.3) is 0 Å². The molecule has 1 atom stereocenters. The number of hydrogen-bond donors (Lipinski definition) is 1. The van der Waals surface area contributed by atoms with E-state index >= 15 is 0 Å². The summed E-state index contributed by atoms with van der Waals surface area (Å²) >= 11 is 0. The van der Waals surface area contributed by atoms with Crippen LogP contribution in [0.4, 0.5) is 0 Å². The zero-order valence-corrected chi connectivity index (χ0v) is 17.8. The van der Waals surface area contributed by atoms with Crippen LogP contribution in [0, 0.1) is 0 Å². The van der Waals surface area contributed by atoms with Crippen molar-refractivity contribution in [2.45, 2.75) is 59.0 Å². The Morgan fingerprint density at radius 1 is 1.10 bits per heavy atom. The van der Waals surface area contributed by atoms with Crippen LogP contribution in [0.2, 0.25) is 0 Å². The zero-order chi connectivity index (χ0) is 21.7. The molecule has 1 unspecified atom stereocenters. The third kappa shape index (κ3) is 4.53. The van der Waals surface area contributed by atoms with Gasteiger partial charge in [0.1, 0.15) is 5.82 Å². The molecule has 3 aromatic rings. The van der Waals surface area contributed by atoms with Crippen LogP contribution in [0.3, 0.4) is 0 Å². The average Bonchev–Trinajstić information content (AvgIpc) is 3.07. The Bertz CT molecular complexity index is 1060. The van der Waals surface area contributed by atoms with Gasteiger partial charge < -0.3 is 5.11 Å². The van der Waals surface area contributed by atoms with E-state index in [1.807, 2.05) is 43.3 Å². The third-order valence-corrected chi connectivity index (χ3v) is 5.49. The standard InChI is InChI=1S/C24H29N3O3/c1-4-6-11-22-25-27(17(3)5-2)24(30)26(22)16-18-12-14-19(15-13-18)20-9-7-8-10-21(20)23(28)29/h7-10,12-15,17H,4-6,11,16H2,1-3H3,(H,28,29). The highest BCUT2D eigenvalue weighted by atomic mass is 16.4. The van der Waals surface area contributed by atoms with Crippen molar-refractivity contribution in [2.75, 3.05) is 0 Å². The number of nitrogens with zero attached hydrogens (tertiary/aromatic N) is 3. The van der Waals surface area contributed by atoms with Crippen LogP contribution in [0.15, 0.2) is 53.3 Å². The van der Waals surface area contributed by atoms with Crippen LogP contribution in [0.25, 0.3) is 11.1 Å². The highest BCUT2D eigenvalue weighted by Gasteiger charge is 2.17. The second-order valence-electron chi connectivity index (χ2n) is 7.64. The molecule has 0 radical (unpaired) electrons. The van der Waals surface area contributed by atoms with Crippen LogP contribution < -0.4 is 5.69 Å². The van der Waals surface area contributed by atoms with Crippen molar-refractivity contribution in [1.29, 1.82) is 0 Å². The average molecular weight is 408 g/mol. The molecule has 0 saturated heterocycles. The summed E-state index contributed by atoms with van der Waals surface area (Å²) in [6.07, 6.45) is 3.66. The molecular weight excluding hydrogens is 378 g/mol. The van der Waals surface area contributed by atoms with Crippen molar-refractivity contribution in [3.8, 4) is 11.1 Å². The van der Waals surface area contributed by atoms with Crippen molar-refractivity contribution in [3.05, 3.63) is 76.0 Å². The Labute approximate surface area is 176 Å². The van der Waals surface area contributed by atoms with Crippen LogP contribution in [-0.2, 0) is 13.0 Å². The molecule has 0 spiro atoms. The van der Waals surface area contributed by atoms with E-state index in [1.165, 1.54) is 0 Å². The Morgan fingerprint density at radius 2 is 1.80 bits per heavy atom. The molecule has 1 heterocycles. The molecule has 0 amide bonds. The molecule has 6 nitrogen and oxygen atoms in total. The summed E-state index contributed by atoms with van der Waals surface area (Å²) in [5.74, 6) is -0.123. The number of hydrogen-bond acceptors (Lipinski definition) is 3. The minimum absolute atomic E-state index is 0.0639. The molecule has 0 saturated carbocycles. The number of aromatic nitrogens is 3. The van der Waals surface area contributed by atoms with Gasteiger partial charge in [-0.2, -0.15) is 5.10 Å². The molecule has 0 bridgehead atoms. The van der Waals surface area contributed by atoms with Gasteiger partial charge in [0, 0.05) is 6.42 Å². The highest BCUT2D eigenvalue weighted by molar-refractivity contribution is 5.95. The fourth-order valence-electron chi connectivity index (χ4n) is 3.49. The van der Waals surface area contributed by atoms with E-state index in [-0.39, 0.29) is 17.3 Å². The summed E-state index contributed by atoms with van der Waals surface area (Å²) in [7, 11) is 0. The Hall–Kier alpha value is -3.15. The highest BCUT2D eigenvalue weighted by Crippen LogP contribution is 2.24. The maximum absolute atomic E-state index is 13.0. The van der Waals surface area contributed by atoms with E-state index in [4.69, 9.17) is 0 Å². The molecule has 1 aromatic heterocycles. The van der Waals surface area contributed by atoms with Gasteiger partial charge in [0.05, 0.1) is 18.2 Å². The van der Waals surface area contributed by atoms with Gasteiger partial charge in [0.2, 0.25) is 0 Å². The number of benzene rings is 2. The lowest BCUT2D eigenvalue weighted by Gasteiger charge is -2.09. The van der Waals surface area contributed by atoms with Gasteiger partial charge in [0.15, 0.2) is 0 Å². The van der Waals surface area contributed by atoms with Gasteiger partial charge >= 0.3 is 11.7 Å². The molecule has 3 rings (SSSR count). The number of unbranched alkanes of at least 4 members (excludes halogenated alkanes) is 1. The molecule has 0 fully saturated rings. The van der Waals surface area contributed by atoms with E-state index in [0.717, 1.165) is 42.6 Å². The normalized spacial score (nSPS) is 12.1. The molecule has 1 N–H and O–H groups in total. The minimum atomic E-state index is -0.945. The van der Waals surface area contributed by atoms with Crippen molar-refractivity contribution < 1.29 is 9.90 Å². The second kappa shape index (κ2) is 9.57. The van der Waals surface area contributed by atoms with Gasteiger partial charge in [-0.15, -0.1) is 0 Å². The lowest BCUT2D eigenvalue weighted by atomic mass is 9.99. The minimum Gasteiger partial charge on any atom is -0.478 e. The number of carboxylic acid groups (broad SMARTS) is 1. The summed E-state index contributed by atoms with van der Waals surface area (Å²) in [6.45, 7) is 6.64. The lowest BCUT2D eigenvalue weighted by Crippen LogP contribution is -2.27. The molecule has 0 aliphatic rings. The Kier molecular flexibility index (Phi) is 6.87. The van der Waals surface area contributed by atoms with E-state index in [9.17, 15) is 14.7 Å². The topological polar surface area (TPSA) is 77.1 Å². The predicted molar refractivity (Wildman–Crippen MR) is 118 cm³/mol. The van der Waals surface area contributed by atoms with Gasteiger partial charge in [-0.25, -0.2) is 14.3 Å². The zero-order valence-electron chi connectivity index (χ0n) is 17.8.